The van der Waals surface area contributed by atoms with E-state index in [1.54, 1.807) is 0 Å². The predicted molar refractivity (Wildman–Crippen MR) is 107 cm³/mol. The van der Waals surface area contributed by atoms with E-state index >= 15 is 0 Å². The highest BCUT2D eigenvalue weighted by molar-refractivity contribution is 5.65. The van der Waals surface area contributed by atoms with Crippen LogP contribution < -0.4 is 4.74 Å². The van der Waals surface area contributed by atoms with E-state index in [0.717, 1.165) is 18.8 Å². The summed E-state index contributed by atoms with van der Waals surface area (Å²) in [5, 5.41) is 0. The van der Waals surface area contributed by atoms with Crippen molar-refractivity contribution in [3.63, 3.8) is 0 Å². The highest BCUT2D eigenvalue weighted by Crippen LogP contribution is 2.34. The van der Waals surface area contributed by atoms with E-state index in [-0.39, 0.29) is 11.3 Å². The van der Waals surface area contributed by atoms with Crippen LogP contribution in [0.5, 0.6) is 5.75 Å². The molecule has 4 heteroatoms. The van der Waals surface area contributed by atoms with Gasteiger partial charge in [0.05, 0.1) is 6.61 Å². The lowest BCUT2D eigenvalue weighted by Gasteiger charge is -2.28. The molecule has 0 saturated heterocycles. The smallest absolute Gasteiger partial charge is 0.201 e. The Kier molecular flexibility index (Phi) is 7.41. The molecule has 28 heavy (non-hydrogen) atoms. The highest BCUT2D eigenvalue weighted by atomic mass is 19.2. The second-order valence-electron chi connectivity index (χ2n) is 7.94. The molecule has 0 amide bonds. The van der Waals surface area contributed by atoms with Gasteiger partial charge in [0, 0.05) is 5.56 Å². The maximum Gasteiger partial charge on any atom is 0.201 e. The number of rotatable bonds is 8. The first-order valence-corrected chi connectivity index (χ1v) is 10.4. The SMILES string of the molecule is CCCCCC1CCC(COc2ccc(-c3ccc(F)cc3)c(F)c2F)CC1. The van der Waals surface area contributed by atoms with Crippen molar-refractivity contribution >= 4 is 0 Å². The van der Waals surface area contributed by atoms with Crippen LogP contribution in [-0.4, -0.2) is 6.61 Å². The molecule has 0 spiro atoms. The predicted octanol–water partition coefficient (Wildman–Crippen LogP) is 7.54. The fourth-order valence-electron chi connectivity index (χ4n) is 4.07. The van der Waals surface area contributed by atoms with E-state index in [0.29, 0.717) is 18.1 Å². The Morgan fingerprint density at radius 3 is 2.18 bits per heavy atom. The van der Waals surface area contributed by atoms with Crippen molar-refractivity contribution in [1.29, 1.82) is 0 Å². The number of benzene rings is 2. The van der Waals surface area contributed by atoms with E-state index in [4.69, 9.17) is 4.74 Å². The van der Waals surface area contributed by atoms with Crippen molar-refractivity contribution in [3.8, 4) is 16.9 Å². The van der Waals surface area contributed by atoms with Crippen LogP contribution >= 0.6 is 0 Å². The second-order valence-corrected chi connectivity index (χ2v) is 7.94. The van der Waals surface area contributed by atoms with Crippen molar-refractivity contribution in [2.45, 2.75) is 58.3 Å². The van der Waals surface area contributed by atoms with Crippen molar-refractivity contribution in [2.24, 2.45) is 11.8 Å². The van der Waals surface area contributed by atoms with Gasteiger partial charge in [-0.3, -0.25) is 0 Å². The molecule has 0 unspecified atom stereocenters. The Labute approximate surface area is 165 Å². The Morgan fingerprint density at radius 2 is 1.50 bits per heavy atom. The van der Waals surface area contributed by atoms with Crippen molar-refractivity contribution < 1.29 is 17.9 Å². The summed E-state index contributed by atoms with van der Waals surface area (Å²) in [6.45, 7) is 2.65. The molecule has 0 radical (unpaired) electrons. The summed E-state index contributed by atoms with van der Waals surface area (Å²) in [6.07, 6.45) is 9.78. The van der Waals surface area contributed by atoms with Gasteiger partial charge in [-0.05, 0) is 54.5 Å². The summed E-state index contributed by atoms with van der Waals surface area (Å²) < 4.78 is 47.6. The first kappa shape index (κ1) is 20.8. The van der Waals surface area contributed by atoms with Crippen LogP contribution in [0.3, 0.4) is 0 Å². The summed E-state index contributed by atoms with van der Waals surface area (Å²) in [5.74, 6) is -1.18. The molecule has 0 aliphatic heterocycles. The van der Waals surface area contributed by atoms with Crippen LogP contribution in [0.1, 0.15) is 58.3 Å². The van der Waals surface area contributed by atoms with E-state index in [9.17, 15) is 13.2 Å². The maximum atomic E-state index is 14.5. The first-order valence-electron chi connectivity index (χ1n) is 10.4. The minimum atomic E-state index is -0.977. The summed E-state index contributed by atoms with van der Waals surface area (Å²) >= 11 is 0. The molecule has 152 valence electrons. The third kappa shape index (κ3) is 5.30. The molecule has 0 N–H and O–H groups in total. The van der Waals surface area contributed by atoms with Crippen LogP contribution in [0, 0.1) is 29.3 Å². The number of hydrogen-bond acceptors (Lipinski definition) is 1. The van der Waals surface area contributed by atoms with Gasteiger partial charge in [-0.25, -0.2) is 8.78 Å². The fraction of sp³-hybridized carbons (Fsp3) is 0.500. The number of halogens is 3. The maximum absolute atomic E-state index is 14.5. The fourth-order valence-corrected chi connectivity index (χ4v) is 4.07. The van der Waals surface area contributed by atoms with Crippen molar-refractivity contribution in [3.05, 3.63) is 53.8 Å². The molecule has 2 aromatic carbocycles. The monoisotopic (exact) mass is 390 g/mol. The summed E-state index contributed by atoms with van der Waals surface area (Å²) in [5.41, 5.74) is 0.545. The van der Waals surface area contributed by atoms with Crippen LogP contribution in [0.15, 0.2) is 36.4 Å². The Morgan fingerprint density at radius 1 is 0.821 bits per heavy atom. The van der Waals surface area contributed by atoms with E-state index in [1.807, 2.05) is 0 Å². The lowest BCUT2D eigenvalue weighted by atomic mass is 9.80. The normalized spacial score (nSPS) is 19.6. The third-order valence-electron chi connectivity index (χ3n) is 5.86. The summed E-state index contributed by atoms with van der Waals surface area (Å²) in [6, 6.07) is 8.30. The first-order chi connectivity index (χ1) is 13.6. The molecule has 1 fully saturated rings. The molecule has 0 bridgehead atoms. The average Bonchev–Trinajstić information content (AvgIpc) is 2.71. The minimum absolute atomic E-state index is 0.0477. The summed E-state index contributed by atoms with van der Waals surface area (Å²) in [7, 11) is 0. The van der Waals surface area contributed by atoms with Gasteiger partial charge < -0.3 is 4.74 Å². The van der Waals surface area contributed by atoms with Crippen molar-refractivity contribution in [1.82, 2.24) is 0 Å². The van der Waals surface area contributed by atoms with Gasteiger partial charge in [-0.15, -0.1) is 0 Å². The Bertz CT molecular complexity index is 749. The van der Waals surface area contributed by atoms with Crippen LogP contribution in [0.2, 0.25) is 0 Å². The molecule has 2 aromatic rings. The summed E-state index contributed by atoms with van der Waals surface area (Å²) in [4.78, 5) is 0. The van der Waals surface area contributed by atoms with E-state index in [2.05, 4.69) is 6.92 Å². The zero-order valence-corrected chi connectivity index (χ0v) is 16.5. The largest absolute Gasteiger partial charge is 0.490 e. The zero-order chi connectivity index (χ0) is 19.9. The van der Waals surface area contributed by atoms with Crippen LogP contribution in [-0.2, 0) is 0 Å². The van der Waals surface area contributed by atoms with Gasteiger partial charge in [0.2, 0.25) is 5.82 Å². The molecular formula is C24H29F3O. The third-order valence-corrected chi connectivity index (χ3v) is 5.86. The van der Waals surface area contributed by atoms with Crippen LogP contribution in [0.4, 0.5) is 13.2 Å². The number of unbranched alkanes of at least 4 members (excludes halogenated alkanes) is 2. The van der Waals surface area contributed by atoms with E-state index < -0.39 is 17.5 Å². The van der Waals surface area contributed by atoms with Gasteiger partial charge in [0.15, 0.2) is 11.6 Å². The molecule has 3 rings (SSSR count). The van der Waals surface area contributed by atoms with Crippen LogP contribution in [0.25, 0.3) is 11.1 Å². The number of hydrogen-bond donors (Lipinski definition) is 0. The van der Waals surface area contributed by atoms with Gasteiger partial charge in [0.1, 0.15) is 5.82 Å². The van der Waals surface area contributed by atoms with Gasteiger partial charge in [0.25, 0.3) is 0 Å². The quantitative estimate of drug-likeness (QED) is 0.423. The number of ether oxygens (including phenoxy) is 1. The van der Waals surface area contributed by atoms with Crippen molar-refractivity contribution in [2.75, 3.05) is 6.61 Å². The molecule has 1 saturated carbocycles. The Hall–Kier alpha value is -1.97. The van der Waals surface area contributed by atoms with E-state index in [1.165, 1.54) is 74.9 Å². The zero-order valence-electron chi connectivity index (χ0n) is 16.5. The molecule has 1 nitrogen and oxygen atoms in total. The molecule has 0 heterocycles. The van der Waals surface area contributed by atoms with Gasteiger partial charge >= 0.3 is 0 Å². The molecule has 0 atom stereocenters. The highest BCUT2D eigenvalue weighted by Gasteiger charge is 2.22. The minimum Gasteiger partial charge on any atom is -0.490 e. The Balaban J connectivity index is 1.54. The standard InChI is InChI=1S/C24H29F3O/c1-2-3-4-5-17-6-8-18(9-7-17)16-28-22-15-14-21(23(26)24(22)27)19-10-12-20(25)13-11-19/h10-15,17-18H,2-9,16H2,1H3. The molecule has 0 aromatic heterocycles. The lowest BCUT2D eigenvalue weighted by Crippen LogP contribution is -2.20. The average molecular weight is 390 g/mol. The molecule has 1 aliphatic carbocycles. The molecular weight excluding hydrogens is 361 g/mol. The lowest BCUT2D eigenvalue weighted by molar-refractivity contribution is 0.172. The van der Waals surface area contributed by atoms with Gasteiger partial charge in [-0.2, -0.15) is 4.39 Å². The second kappa shape index (κ2) is 9.99. The van der Waals surface area contributed by atoms with Gasteiger partial charge in [-0.1, -0.05) is 57.6 Å². The molecule has 1 aliphatic rings. The topological polar surface area (TPSA) is 9.23 Å².